The number of amides is 1. The molecule has 0 unspecified atom stereocenters. The van der Waals surface area contributed by atoms with E-state index >= 15 is 0 Å². The normalized spacial score (nSPS) is 9.42. The molecule has 0 atom stereocenters. The van der Waals surface area contributed by atoms with Crippen molar-refractivity contribution in [1.29, 1.82) is 0 Å². The van der Waals surface area contributed by atoms with Crippen molar-refractivity contribution in [3.8, 4) is 0 Å². The maximum Gasteiger partial charge on any atom is 0.409 e. The van der Waals surface area contributed by atoms with Gasteiger partial charge in [0.1, 0.15) is 0 Å². The number of carbonyl (C=O) groups is 1. The summed E-state index contributed by atoms with van der Waals surface area (Å²) < 4.78 is 12.7. The van der Waals surface area contributed by atoms with Gasteiger partial charge in [-0.1, -0.05) is 0 Å². The van der Waals surface area contributed by atoms with Crippen molar-refractivity contribution < 1.29 is 14.3 Å². The Morgan fingerprint density at radius 2 is 2.33 bits per heavy atom. The third-order valence-electron chi connectivity index (χ3n) is 1.14. The molecular formula is C6H5FN2O3. The largest absolute Gasteiger partial charge is 0.465 e. The predicted octanol–water partition coefficient (Wildman–Crippen LogP) is 0.604. The Morgan fingerprint density at radius 3 is 2.92 bits per heavy atom. The van der Waals surface area contributed by atoms with Gasteiger partial charge in [-0.25, -0.2) is 4.79 Å². The Bertz CT molecular complexity index is 360. The first-order valence-corrected chi connectivity index (χ1v) is 2.98. The summed E-state index contributed by atoms with van der Waals surface area (Å²) >= 11 is 0. The molecule has 0 aromatic carbocycles. The molecule has 0 spiro atoms. The van der Waals surface area contributed by atoms with Crippen LogP contribution in [0.5, 0.6) is 0 Å². The minimum atomic E-state index is -1.42. The number of hydrogen-bond donors (Lipinski definition) is 3. The number of aromatic nitrogens is 1. The highest BCUT2D eigenvalue weighted by Crippen LogP contribution is 2.06. The fourth-order valence-electron chi connectivity index (χ4n) is 0.671. The fraction of sp³-hybridized carbons (Fsp3) is 0. The van der Waals surface area contributed by atoms with Gasteiger partial charge < -0.3 is 10.1 Å². The molecule has 1 rings (SSSR count). The van der Waals surface area contributed by atoms with E-state index in [-0.39, 0.29) is 5.69 Å². The molecule has 0 radical (unpaired) electrons. The standard InChI is InChI=1S/C6H5FN2O3/c7-4-3(9-6(11)12)1-2-8-5(4)10/h1-2H,(H,11,12)(H2,8,9,10). The van der Waals surface area contributed by atoms with Crippen molar-refractivity contribution in [3.05, 3.63) is 28.4 Å². The van der Waals surface area contributed by atoms with Crippen LogP contribution in [0.25, 0.3) is 0 Å². The second-order valence-corrected chi connectivity index (χ2v) is 1.96. The van der Waals surface area contributed by atoms with Crippen LogP contribution in [0.15, 0.2) is 17.1 Å². The lowest BCUT2D eigenvalue weighted by molar-refractivity contribution is 0.209. The predicted molar refractivity (Wildman–Crippen MR) is 38.7 cm³/mol. The molecule has 0 aliphatic heterocycles. The van der Waals surface area contributed by atoms with E-state index in [2.05, 4.69) is 0 Å². The lowest BCUT2D eigenvalue weighted by Gasteiger charge is -1.99. The summed E-state index contributed by atoms with van der Waals surface area (Å²) in [6, 6.07) is 1.12. The van der Waals surface area contributed by atoms with Gasteiger partial charge in [0.2, 0.25) is 5.82 Å². The first-order valence-electron chi connectivity index (χ1n) is 2.98. The van der Waals surface area contributed by atoms with E-state index in [4.69, 9.17) is 5.11 Å². The van der Waals surface area contributed by atoms with Crippen LogP contribution < -0.4 is 10.9 Å². The summed E-state index contributed by atoms with van der Waals surface area (Å²) in [4.78, 5) is 22.6. The fourth-order valence-corrected chi connectivity index (χ4v) is 0.671. The molecule has 1 heterocycles. The van der Waals surface area contributed by atoms with Gasteiger partial charge in [-0.15, -0.1) is 0 Å². The topological polar surface area (TPSA) is 82.2 Å². The Balaban J connectivity index is 3.08. The maximum atomic E-state index is 12.7. The average molecular weight is 172 g/mol. The minimum absolute atomic E-state index is 0.355. The second-order valence-electron chi connectivity index (χ2n) is 1.96. The van der Waals surface area contributed by atoms with Gasteiger partial charge in [0.25, 0.3) is 5.56 Å². The van der Waals surface area contributed by atoms with Crippen molar-refractivity contribution in [1.82, 2.24) is 4.98 Å². The molecule has 0 bridgehead atoms. The number of halogens is 1. The first-order chi connectivity index (χ1) is 5.61. The van der Waals surface area contributed by atoms with Crippen molar-refractivity contribution >= 4 is 11.8 Å². The summed E-state index contributed by atoms with van der Waals surface area (Å²) in [6.45, 7) is 0. The molecule has 1 aromatic rings. The highest BCUT2D eigenvalue weighted by molar-refractivity contribution is 5.82. The van der Waals surface area contributed by atoms with Crippen molar-refractivity contribution in [3.63, 3.8) is 0 Å². The van der Waals surface area contributed by atoms with Crippen molar-refractivity contribution in [2.75, 3.05) is 5.32 Å². The van der Waals surface area contributed by atoms with Gasteiger partial charge in [-0.3, -0.25) is 10.1 Å². The van der Waals surface area contributed by atoms with E-state index in [1.807, 2.05) is 4.98 Å². The molecule has 1 amide bonds. The number of pyridine rings is 1. The van der Waals surface area contributed by atoms with Crippen LogP contribution in [0.2, 0.25) is 0 Å². The Hall–Kier alpha value is -1.85. The molecule has 0 saturated heterocycles. The third-order valence-corrected chi connectivity index (χ3v) is 1.14. The zero-order valence-electron chi connectivity index (χ0n) is 5.80. The van der Waals surface area contributed by atoms with E-state index in [0.29, 0.717) is 0 Å². The van der Waals surface area contributed by atoms with E-state index in [1.54, 1.807) is 5.32 Å². The second kappa shape index (κ2) is 3.04. The molecule has 0 saturated carbocycles. The van der Waals surface area contributed by atoms with E-state index in [1.165, 1.54) is 0 Å². The molecule has 6 heteroatoms. The summed E-state index contributed by atoms with van der Waals surface area (Å²) in [6.07, 6.45) is -0.268. The SMILES string of the molecule is O=C(O)Nc1cc[nH]c(=O)c1F. The van der Waals surface area contributed by atoms with Gasteiger partial charge in [0.05, 0.1) is 5.69 Å². The minimum Gasteiger partial charge on any atom is -0.465 e. The Labute approximate surface area is 65.8 Å². The van der Waals surface area contributed by atoms with Crippen LogP contribution in [-0.2, 0) is 0 Å². The van der Waals surface area contributed by atoms with Gasteiger partial charge in [0.15, 0.2) is 0 Å². The lowest BCUT2D eigenvalue weighted by Crippen LogP contribution is -2.16. The van der Waals surface area contributed by atoms with Gasteiger partial charge in [0, 0.05) is 6.20 Å². The highest BCUT2D eigenvalue weighted by Gasteiger charge is 2.07. The molecular weight excluding hydrogens is 167 g/mol. The Kier molecular flexibility index (Phi) is 2.09. The zero-order chi connectivity index (χ0) is 9.14. The monoisotopic (exact) mass is 172 g/mol. The van der Waals surface area contributed by atoms with E-state index in [9.17, 15) is 14.0 Å². The number of anilines is 1. The maximum absolute atomic E-state index is 12.7. The summed E-state index contributed by atoms with van der Waals surface area (Å²) in [7, 11) is 0. The van der Waals surface area contributed by atoms with E-state index in [0.717, 1.165) is 12.3 Å². The molecule has 5 nitrogen and oxygen atoms in total. The van der Waals surface area contributed by atoms with E-state index < -0.39 is 17.5 Å². The number of aromatic amines is 1. The quantitative estimate of drug-likeness (QED) is 0.580. The summed E-state index contributed by atoms with van der Waals surface area (Å²) in [5, 5.41) is 9.93. The summed E-state index contributed by atoms with van der Waals surface area (Å²) in [5.41, 5.74) is -1.31. The Morgan fingerprint density at radius 1 is 1.67 bits per heavy atom. The van der Waals surface area contributed by atoms with Gasteiger partial charge >= 0.3 is 6.09 Å². The van der Waals surface area contributed by atoms with Crippen LogP contribution in [0.4, 0.5) is 14.9 Å². The average Bonchev–Trinajstić information content (AvgIpc) is 1.98. The number of H-pyrrole nitrogens is 1. The molecule has 12 heavy (non-hydrogen) atoms. The molecule has 3 N–H and O–H groups in total. The number of carboxylic acid groups (broad SMARTS) is 1. The molecule has 0 fully saturated rings. The van der Waals surface area contributed by atoms with Crippen LogP contribution in [-0.4, -0.2) is 16.2 Å². The number of nitrogens with one attached hydrogen (secondary N) is 2. The van der Waals surface area contributed by atoms with Crippen LogP contribution in [0.1, 0.15) is 0 Å². The van der Waals surface area contributed by atoms with Crippen LogP contribution in [0.3, 0.4) is 0 Å². The van der Waals surface area contributed by atoms with Gasteiger partial charge in [-0.2, -0.15) is 4.39 Å². The van der Waals surface area contributed by atoms with Gasteiger partial charge in [-0.05, 0) is 6.07 Å². The molecule has 64 valence electrons. The summed E-state index contributed by atoms with van der Waals surface area (Å²) in [5.74, 6) is -1.14. The zero-order valence-corrected chi connectivity index (χ0v) is 5.80. The van der Waals surface area contributed by atoms with Crippen LogP contribution in [0, 0.1) is 5.82 Å². The molecule has 0 aliphatic carbocycles. The first kappa shape index (κ1) is 8.25. The third kappa shape index (κ3) is 1.60. The molecule has 0 aliphatic rings. The highest BCUT2D eigenvalue weighted by atomic mass is 19.1. The van der Waals surface area contributed by atoms with Crippen molar-refractivity contribution in [2.45, 2.75) is 0 Å². The number of hydrogen-bond acceptors (Lipinski definition) is 2. The number of rotatable bonds is 1. The van der Waals surface area contributed by atoms with Crippen LogP contribution >= 0.6 is 0 Å². The lowest BCUT2D eigenvalue weighted by atomic mass is 10.4. The molecule has 1 aromatic heterocycles. The smallest absolute Gasteiger partial charge is 0.409 e. The van der Waals surface area contributed by atoms with Crippen molar-refractivity contribution in [2.24, 2.45) is 0 Å².